The van der Waals surface area contributed by atoms with Crippen LogP contribution in [0.15, 0.2) is 88.8 Å². The lowest BCUT2D eigenvalue weighted by atomic mass is 10.0. The molecule has 4 aromatic rings. The predicted molar refractivity (Wildman–Crippen MR) is 131 cm³/mol. The third-order valence-corrected chi connectivity index (χ3v) is 7.57. The van der Waals surface area contributed by atoms with Gasteiger partial charge in [-0.3, -0.25) is 0 Å². The summed E-state index contributed by atoms with van der Waals surface area (Å²) in [4.78, 5) is 3.86. The van der Waals surface area contributed by atoms with E-state index in [1.807, 2.05) is 17.8 Å². The highest BCUT2D eigenvalue weighted by molar-refractivity contribution is 8.03. The smallest absolute Gasteiger partial charge is 0.276 e. The fourth-order valence-electron chi connectivity index (χ4n) is 4.72. The van der Waals surface area contributed by atoms with Gasteiger partial charge >= 0.3 is 0 Å². The van der Waals surface area contributed by atoms with Crippen molar-refractivity contribution in [1.82, 2.24) is 0 Å². The van der Waals surface area contributed by atoms with Gasteiger partial charge in [-0.2, -0.15) is 4.57 Å². The molecule has 0 N–H and O–H groups in total. The molecular formula is C27H22Cl2N2S. The highest BCUT2D eigenvalue weighted by atomic mass is 35.5. The number of pyridine rings is 1. The summed E-state index contributed by atoms with van der Waals surface area (Å²) >= 11 is 8.73. The van der Waals surface area contributed by atoms with E-state index in [0.29, 0.717) is 0 Å². The van der Waals surface area contributed by atoms with Crippen LogP contribution in [0.5, 0.6) is 0 Å². The number of rotatable bonds is 3. The van der Waals surface area contributed by atoms with E-state index < -0.39 is 0 Å². The summed E-state index contributed by atoms with van der Waals surface area (Å²) in [5.74, 6) is 0. The second kappa shape index (κ2) is 8.82. The Hall–Kier alpha value is -2.46. The van der Waals surface area contributed by atoms with Gasteiger partial charge < -0.3 is 17.3 Å². The van der Waals surface area contributed by atoms with Gasteiger partial charge in [-0.1, -0.05) is 66.4 Å². The molecule has 3 aromatic carbocycles. The summed E-state index contributed by atoms with van der Waals surface area (Å²) in [7, 11) is 0. The maximum absolute atomic E-state index is 6.85. The van der Waals surface area contributed by atoms with Crippen LogP contribution in [0.4, 0.5) is 5.69 Å². The van der Waals surface area contributed by atoms with Crippen molar-refractivity contribution in [2.24, 2.45) is 0 Å². The lowest BCUT2D eigenvalue weighted by Gasteiger charge is -2.27. The average molecular weight is 477 g/mol. The zero-order chi connectivity index (χ0) is 20.8. The second-order valence-electron chi connectivity index (χ2n) is 8.12. The lowest BCUT2D eigenvalue weighted by Crippen LogP contribution is -3.00. The van der Waals surface area contributed by atoms with E-state index in [2.05, 4.69) is 88.3 Å². The number of para-hydroxylation sites is 2. The van der Waals surface area contributed by atoms with E-state index in [-0.39, 0.29) is 12.4 Å². The molecule has 5 heteroatoms. The van der Waals surface area contributed by atoms with Crippen molar-refractivity contribution >= 4 is 46.0 Å². The van der Waals surface area contributed by atoms with E-state index in [4.69, 9.17) is 11.6 Å². The van der Waals surface area contributed by atoms with Crippen molar-refractivity contribution in [3.63, 3.8) is 0 Å². The van der Waals surface area contributed by atoms with Crippen molar-refractivity contribution in [2.75, 3.05) is 11.4 Å². The Bertz CT molecular complexity index is 1330. The number of halogens is 2. The normalized spacial score (nSPS) is 15.7. The quantitative estimate of drug-likeness (QED) is 0.328. The fourth-order valence-corrected chi connectivity index (χ4v) is 6.18. The first kappa shape index (κ1) is 21.4. The number of hydrogen-bond donors (Lipinski definition) is 0. The minimum absolute atomic E-state index is 0. The first-order valence-electron chi connectivity index (χ1n) is 10.7. The van der Waals surface area contributed by atoms with Crippen LogP contribution in [-0.4, -0.2) is 6.54 Å². The Morgan fingerprint density at radius 3 is 2.66 bits per heavy atom. The highest BCUT2D eigenvalue weighted by Crippen LogP contribution is 2.50. The summed E-state index contributed by atoms with van der Waals surface area (Å²) in [6, 6.07) is 27.9. The SMILES string of the molecule is Clc1cc(/C=C2/Sc3cccc4c3N2CCC4)c2ccccc2[n+]1Cc1ccccc1.[Cl-]. The van der Waals surface area contributed by atoms with Gasteiger partial charge in [-0.05, 0) is 53.8 Å². The molecule has 0 unspecified atom stereocenters. The Kier molecular flexibility index (Phi) is 5.90. The van der Waals surface area contributed by atoms with Crippen LogP contribution >= 0.6 is 23.4 Å². The Balaban J connectivity index is 0.00000216. The molecule has 0 atom stereocenters. The molecule has 2 aliphatic heterocycles. The van der Waals surface area contributed by atoms with E-state index >= 15 is 0 Å². The van der Waals surface area contributed by atoms with Gasteiger partial charge in [0.15, 0.2) is 6.54 Å². The summed E-state index contributed by atoms with van der Waals surface area (Å²) in [5.41, 5.74) is 6.46. The standard InChI is InChI=1S/C27H22ClN2S.ClH/c28-25-16-21(17-26-29-15-7-11-20-10-6-14-24(31-26)27(20)29)22-12-4-5-13-23(22)30(25)18-19-8-2-1-3-9-19;/h1-6,8-10,12-14,16-17H,7,11,15,18H2;1H/q+1;/p-1. The largest absolute Gasteiger partial charge is 1.00 e. The number of aryl methyl sites for hydroxylation is 1. The minimum atomic E-state index is 0. The molecule has 0 saturated heterocycles. The molecule has 0 amide bonds. The zero-order valence-corrected chi connectivity index (χ0v) is 19.8. The number of benzene rings is 3. The third-order valence-electron chi connectivity index (χ3n) is 6.16. The van der Waals surface area contributed by atoms with Crippen LogP contribution in [-0.2, 0) is 13.0 Å². The van der Waals surface area contributed by atoms with E-state index in [1.54, 1.807) is 0 Å². The Morgan fingerprint density at radius 2 is 1.78 bits per heavy atom. The molecule has 0 aliphatic carbocycles. The number of anilines is 1. The minimum Gasteiger partial charge on any atom is -1.00 e. The highest BCUT2D eigenvalue weighted by Gasteiger charge is 2.30. The fraction of sp³-hybridized carbons (Fsp3) is 0.148. The molecule has 6 rings (SSSR count). The molecule has 0 saturated carbocycles. The number of fused-ring (bicyclic) bond motifs is 1. The maximum Gasteiger partial charge on any atom is 0.276 e. The van der Waals surface area contributed by atoms with Gasteiger partial charge in [0.05, 0.1) is 16.1 Å². The van der Waals surface area contributed by atoms with Crippen molar-refractivity contribution in [2.45, 2.75) is 24.3 Å². The third kappa shape index (κ3) is 3.69. The lowest BCUT2D eigenvalue weighted by molar-refractivity contribution is -0.660. The molecule has 0 fully saturated rings. The second-order valence-corrected chi connectivity index (χ2v) is 9.56. The number of aromatic nitrogens is 1. The van der Waals surface area contributed by atoms with Gasteiger partial charge in [0.2, 0.25) is 5.52 Å². The van der Waals surface area contributed by atoms with E-state index in [1.165, 1.54) is 50.5 Å². The topological polar surface area (TPSA) is 7.12 Å². The van der Waals surface area contributed by atoms with E-state index in [0.717, 1.165) is 23.8 Å². The van der Waals surface area contributed by atoms with Gasteiger partial charge in [0, 0.05) is 29.1 Å². The van der Waals surface area contributed by atoms with Crippen LogP contribution in [0.2, 0.25) is 5.15 Å². The molecular weight excluding hydrogens is 455 g/mol. The first-order chi connectivity index (χ1) is 15.3. The van der Waals surface area contributed by atoms with Crippen LogP contribution in [0.3, 0.4) is 0 Å². The number of thioether (sulfide) groups is 1. The molecule has 2 nitrogen and oxygen atoms in total. The molecule has 3 heterocycles. The molecule has 0 spiro atoms. The molecule has 0 bridgehead atoms. The van der Waals surface area contributed by atoms with Gasteiger partial charge in [0.1, 0.15) is 0 Å². The average Bonchev–Trinajstić information content (AvgIpc) is 3.16. The van der Waals surface area contributed by atoms with Crippen LogP contribution < -0.4 is 21.9 Å². The van der Waals surface area contributed by atoms with Crippen molar-refractivity contribution in [1.29, 1.82) is 0 Å². The summed E-state index contributed by atoms with van der Waals surface area (Å²) < 4.78 is 2.20. The van der Waals surface area contributed by atoms with Crippen molar-refractivity contribution in [3.05, 3.63) is 106 Å². The predicted octanol–water partition coefficient (Wildman–Crippen LogP) is 3.69. The number of hydrogen-bond acceptors (Lipinski definition) is 2. The van der Waals surface area contributed by atoms with E-state index in [9.17, 15) is 0 Å². The molecule has 0 radical (unpaired) electrons. The summed E-state index contributed by atoms with van der Waals surface area (Å²) in [6.45, 7) is 1.84. The summed E-state index contributed by atoms with van der Waals surface area (Å²) in [5, 5.41) is 3.28. The monoisotopic (exact) mass is 476 g/mol. The van der Waals surface area contributed by atoms with Crippen molar-refractivity contribution in [3.8, 4) is 0 Å². The van der Waals surface area contributed by atoms with Gasteiger partial charge in [-0.25, -0.2) is 0 Å². The zero-order valence-electron chi connectivity index (χ0n) is 17.5. The summed E-state index contributed by atoms with van der Waals surface area (Å²) in [6.07, 6.45) is 4.69. The van der Waals surface area contributed by atoms with Crippen LogP contribution in [0.25, 0.3) is 17.0 Å². The number of nitrogens with zero attached hydrogens (tertiary/aromatic N) is 2. The van der Waals surface area contributed by atoms with Crippen LogP contribution in [0.1, 0.15) is 23.1 Å². The molecule has 32 heavy (non-hydrogen) atoms. The van der Waals surface area contributed by atoms with Gasteiger partial charge in [-0.15, -0.1) is 0 Å². The Morgan fingerprint density at radius 1 is 0.969 bits per heavy atom. The Labute approximate surface area is 203 Å². The maximum atomic E-state index is 6.85. The molecule has 1 aromatic heterocycles. The van der Waals surface area contributed by atoms with Gasteiger partial charge in [0.25, 0.3) is 5.15 Å². The van der Waals surface area contributed by atoms with Crippen LogP contribution in [0, 0.1) is 0 Å². The molecule has 160 valence electrons. The van der Waals surface area contributed by atoms with Crippen molar-refractivity contribution < 1.29 is 17.0 Å². The first-order valence-corrected chi connectivity index (χ1v) is 11.9. The molecule has 2 aliphatic rings.